The van der Waals surface area contributed by atoms with Crippen molar-refractivity contribution >= 4 is 16.5 Å². The topological polar surface area (TPSA) is 15.3 Å². The number of benzene rings is 3. The third-order valence-corrected chi connectivity index (χ3v) is 4.73. The van der Waals surface area contributed by atoms with Crippen LogP contribution in [0.25, 0.3) is 10.8 Å². The second-order valence-electron chi connectivity index (χ2n) is 6.27. The molecule has 3 aromatic rings. The molecule has 0 saturated carbocycles. The van der Waals surface area contributed by atoms with Crippen LogP contribution in [0.5, 0.6) is 0 Å². The number of piperazine rings is 1. The van der Waals surface area contributed by atoms with E-state index in [4.69, 9.17) is 0 Å². The molecule has 1 heterocycles. The van der Waals surface area contributed by atoms with Crippen LogP contribution < -0.4 is 10.2 Å². The molecule has 0 amide bonds. The standard InChI is InChI=1S/C21H22N2/c1-2-6-17(7-3-1)14-21-16-22-12-13-23(21)20-11-10-18-8-4-5-9-19(18)15-20/h1-11,15,21-22H,12-14,16H2. The van der Waals surface area contributed by atoms with Crippen LogP contribution >= 0.6 is 0 Å². The first-order valence-electron chi connectivity index (χ1n) is 8.40. The normalized spacial score (nSPS) is 18.3. The Labute approximate surface area is 137 Å². The third-order valence-electron chi connectivity index (χ3n) is 4.73. The molecule has 1 aliphatic heterocycles. The number of hydrogen-bond acceptors (Lipinski definition) is 2. The lowest BCUT2D eigenvalue weighted by Crippen LogP contribution is -2.52. The molecule has 0 radical (unpaired) electrons. The van der Waals surface area contributed by atoms with Crippen LogP contribution in [0.2, 0.25) is 0 Å². The van der Waals surface area contributed by atoms with Crippen molar-refractivity contribution in [3.63, 3.8) is 0 Å². The predicted molar refractivity (Wildman–Crippen MR) is 98.1 cm³/mol. The molecule has 0 bridgehead atoms. The summed E-state index contributed by atoms with van der Waals surface area (Å²) in [6.07, 6.45) is 1.08. The molecule has 1 N–H and O–H groups in total. The highest BCUT2D eigenvalue weighted by molar-refractivity contribution is 5.85. The molecule has 2 nitrogen and oxygen atoms in total. The largest absolute Gasteiger partial charge is 0.366 e. The molecule has 3 aromatic carbocycles. The van der Waals surface area contributed by atoms with E-state index in [1.807, 2.05) is 0 Å². The minimum atomic E-state index is 0.507. The average Bonchev–Trinajstić information content (AvgIpc) is 2.63. The second kappa shape index (κ2) is 6.43. The molecule has 1 fully saturated rings. The molecule has 1 unspecified atom stereocenters. The van der Waals surface area contributed by atoms with E-state index >= 15 is 0 Å². The minimum absolute atomic E-state index is 0.507. The summed E-state index contributed by atoms with van der Waals surface area (Å²) in [6.45, 7) is 3.16. The molecule has 2 heteroatoms. The first kappa shape index (κ1) is 14.3. The second-order valence-corrected chi connectivity index (χ2v) is 6.27. The van der Waals surface area contributed by atoms with Gasteiger partial charge in [-0.3, -0.25) is 0 Å². The van der Waals surface area contributed by atoms with Gasteiger partial charge in [-0.15, -0.1) is 0 Å². The van der Waals surface area contributed by atoms with Crippen molar-refractivity contribution in [2.24, 2.45) is 0 Å². The smallest absolute Gasteiger partial charge is 0.0455 e. The Balaban J connectivity index is 1.63. The summed E-state index contributed by atoms with van der Waals surface area (Å²) in [7, 11) is 0. The lowest BCUT2D eigenvalue weighted by atomic mass is 10.0. The van der Waals surface area contributed by atoms with E-state index < -0.39 is 0 Å². The summed E-state index contributed by atoms with van der Waals surface area (Å²) < 4.78 is 0. The van der Waals surface area contributed by atoms with Gasteiger partial charge in [-0.05, 0) is 34.9 Å². The van der Waals surface area contributed by atoms with E-state index in [9.17, 15) is 0 Å². The van der Waals surface area contributed by atoms with Gasteiger partial charge in [-0.25, -0.2) is 0 Å². The third kappa shape index (κ3) is 3.08. The van der Waals surface area contributed by atoms with Crippen LogP contribution in [0.1, 0.15) is 5.56 Å². The summed E-state index contributed by atoms with van der Waals surface area (Å²) in [5.74, 6) is 0. The lowest BCUT2D eigenvalue weighted by molar-refractivity contribution is 0.474. The number of anilines is 1. The van der Waals surface area contributed by atoms with E-state index in [1.54, 1.807) is 0 Å². The molecule has 0 spiro atoms. The number of hydrogen-bond donors (Lipinski definition) is 1. The molecular weight excluding hydrogens is 280 g/mol. The van der Waals surface area contributed by atoms with Gasteiger partial charge in [0.15, 0.2) is 0 Å². The van der Waals surface area contributed by atoms with Crippen molar-refractivity contribution < 1.29 is 0 Å². The Morgan fingerprint density at radius 3 is 2.52 bits per heavy atom. The Morgan fingerprint density at radius 1 is 0.870 bits per heavy atom. The van der Waals surface area contributed by atoms with Crippen LogP contribution in [-0.2, 0) is 6.42 Å². The molecule has 1 saturated heterocycles. The van der Waals surface area contributed by atoms with Crippen LogP contribution in [0.4, 0.5) is 5.69 Å². The average molecular weight is 302 g/mol. The van der Waals surface area contributed by atoms with Crippen LogP contribution in [-0.4, -0.2) is 25.7 Å². The monoisotopic (exact) mass is 302 g/mol. The van der Waals surface area contributed by atoms with E-state index in [2.05, 4.69) is 83.0 Å². The van der Waals surface area contributed by atoms with Crippen molar-refractivity contribution in [2.75, 3.05) is 24.5 Å². The summed E-state index contributed by atoms with van der Waals surface area (Å²) in [6, 6.07) is 26.8. The van der Waals surface area contributed by atoms with Gasteiger partial charge >= 0.3 is 0 Å². The molecule has 23 heavy (non-hydrogen) atoms. The SMILES string of the molecule is c1ccc(CC2CNCCN2c2ccc3ccccc3c2)cc1. The van der Waals surface area contributed by atoms with Crippen LogP contribution in [0.15, 0.2) is 72.8 Å². The number of nitrogens with zero attached hydrogens (tertiary/aromatic N) is 1. The molecule has 116 valence electrons. The van der Waals surface area contributed by atoms with E-state index in [-0.39, 0.29) is 0 Å². The first-order valence-corrected chi connectivity index (χ1v) is 8.40. The predicted octanol–water partition coefficient (Wildman–Crippen LogP) is 3.86. The van der Waals surface area contributed by atoms with Gasteiger partial charge < -0.3 is 10.2 Å². The zero-order valence-electron chi connectivity index (χ0n) is 13.3. The minimum Gasteiger partial charge on any atom is -0.366 e. The molecule has 0 aromatic heterocycles. The molecule has 1 atom stereocenters. The van der Waals surface area contributed by atoms with Crippen molar-refractivity contribution in [1.82, 2.24) is 5.32 Å². The molecular formula is C21H22N2. The highest BCUT2D eigenvalue weighted by atomic mass is 15.2. The van der Waals surface area contributed by atoms with E-state index in [1.165, 1.54) is 22.0 Å². The fraction of sp³-hybridized carbons (Fsp3) is 0.238. The van der Waals surface area contributed by atoms with Gasteiger partial charge in [0.2, 0.25) is 0 Å². The van der Waals surface area contributed by atoms with Gasteiger partial charge in [0.25, 0.3) is 0 Å². The van der Waals surface area contributed by atoms with Crippen molar-refractivity contribution in [2.45, 2.75) is 12.5 Å². The van der Waals surface area contributed by atoms with Gasteiger partial charge in [-0.2, -0.15) is 0 Å². The lowest BCUT2D eigenvalue weighted by Gasteiger charge is -2.38. The van der Waals surface area contributed by atoms with Crippen molar-refractivity contribution in [3.8, 4) is 0 Å². The Hall–Kier alpha value is -2.32. The fourth-order valence-electron chi connectivity index (χ4n) is 3.52. The van der Waals surface area contributed by atoms with Gasteiger partial charge in [0.05, 0.1) is 0 Å². The summed E-state index contributed by atoms with van der Waals surface area (Å²) in [4.78, 5) is 2.57. The van der Waals surface area contributed by atoms with Crippen LogP contribution in [0, 0.1) is 0 Å². The quantitative estimate of drug-likeness (QED) is 0.790. The first-order chi connectivity index (χ1) is 11.4. The van der Waals surface area contributed by atoms with Crippen molar-refractivity contribution in [1.29, 1.82) is 0 Å². The molecule has 1 aliphatic rings. The summed E-state index contributed by atoms with van der Waals surface area (Å²) in [5.41, 5.74) is 2.75. The highest BCUT2D eigenvalue weighted by Crippen LogP contribution is 2.25. The maximum absolute atomic E-state index is 3.55. The summed E-state index contributed by atoms with van der Waals surface area (Å²) in [5, 5.41) is 6.18. The Morgan fingerprint density at radius 2 is 1.65 bits per heavy atom. The Bertz CT molecular complexity index is 782. The maximum Gasteiger partial charge on any atom is 0.0455 e. The molecule has 0 aliphatic carbocycles. The Kier molecular flexibility index (Phi) is 3.99. The van der Waals surface area contributed by atoms with Gasteiger partial charge in [0, 0.05) is 31.4 Å². The van der Waals surface area contributed by atoms with Gasteiger partial charge in [0.1, 0.15) is 0 Å². The number of rotatable bonds is 3. The zero-order valence-corrected chi connectivity index (χ0v) is 13.3. The highest BCUT2D eigenvalue weighted by Gasteiger charge is 2.22. The fourth-order valence-corrected chi connectivity index (χ4v) is 3.52. The summed E-state index contributed by atoms with van der Waals surface area (Å²) >= 11 is 0. The van der Waals surface area contributed by atoms with E-state index in [0.29, 0.717) is 6.04 Å². The van der Waals surface area contributed by atoms with E-state index in [0.717, 1.165) is 26.1 Å². The molecule has 4 rings (SSSR count). The van der Waals surface area contributed by atoms with Crippen molar-refractivity contribution in [3.05, 3.63) is 78.4 Å². The van der Waals surface area contributed by atoms with Gasteiger partial charge in [-0.1, -0.05) is 60.7 Å². The maximum atomic E-state index is 3.55. The van der Waals surface area contributed by atoms with Crippen LogP contribution in [0.3, 0.4) is 0 Å². The number of fused-ring (bicyclic) bond motifs is 1. The zero-order chi connectivity index (χ0) is 15.5. The number of nitrogens with one attached hydrogen (secondary N) is 1.